The molecule has 0 saturated heterocycles. The first kappa shape index (κ1) is 14.8. The number of aromatic nitrogens is 2. The number of rotatable bonds is 7. The summed E-state index contributed by atoms with van der Waals surface area (Å²) >= 11 is 5.92. The minimum atomic E-state index is -0.171. The van der Waals surface area contributed by atoms with Gasteiger partial charge in [-0.1, -0.05) is 24.6 Å². The van der Waals surface area contributed by atoms with Crippen LogP contribution in [0.15, 0.2) is 36.7 Å². The molecule has 108 valence electrons. The molecule has 0 fully saturated rings. The van der Waals surface area contributed by atoms with Gasteiger partial charge < -0.3 is 9.30 Å². The van der Waals surface area contributed by atoms with E-state index in [0.29, 0.717) is 17.4 Å². The van der Waals surface area contributed by atoms with Gasteiger partial charge in [0.2, 0.25) is 0 Å². The molecule has 0 spiro atoms. The van der Waals surface area contributed by atoms with Crippen LogP contribution in [0.4, 0.5) is 0 Å². The van der Waals surface area contributed by atoms with Crippen LogP contribution in [-0.2, 0) is 6.54 Å². The van der Waals surface area contributed by atoms with Gasteiger partial charge >= 0.3 is 0 Å². The number of nitrogens with two attached hydrogens (primary N) is 1. The Morgan fingerprint density at radius 3 is 3.05 bits per heavy atom. The van der Waals surface area contributed by atoms with Crippen molar-refractivity contribution in [2.45, 2.75) is 25.9 Å². The van der Waals surface area contributed by atoms with Gasteiger partial charge in [-0.3, -0.25) is 5.84 Å². The summed E-state index contributed by atoms with van der Waals surface area (Å²) in [7, 11) is 0. The quantitative estimate of drug-likeness (QED) is 0.608. The second kappa shape index (κ2) is 7.28. The molecule has 20 heavy (non-hydrogen) atoms. The summed E-state index contributed by atoms with van der Waals surface area (Å²) in [5.41, 5.74) is 2.75. The number of imidazole rings is 1. The zero-order valence-corrected chi connectivity index (χ0v) is 12.2. The third-order valence-corrected chi connectivity index (χ3v) is 3.17. The maximum Gasteiger partial charge on any atom is 0.130 e. The van der Waals surface area contributed by atoms with Crippen LogP contribution in [-0.4, -0.2) is 16.2 Å². The Labute approximate surface area is 123 Å². The summed E-state index contributed by atoms with van der Waals surface area (Å²) in [6.07, 6.45) is 4.76. The van der Waals surface area contributed by atoms with Gasteiger partial charge in [0.15, 0.2) is 0 Å². The number of nitrogens with zero attached hydrogens (tertiary/aromatic N) is 2. The van der Waals surface area contributed by atoms with Crippen LogP contribution in [0.25, 0.3) is 0 Å². The molecule has 0 aliphatic rings. The monoisotopic (exact) mass is 294 g/mol. The molecule has 1 atom stereocenters. The molecule has 2 aromatic rings. The average Bonchev–Trinajstić information content (AvgIpc) is 2.89. The van der Waals surface area contributed by atoms with E-state index < -0.39 is 0 Å². The first-order valence-electron chi connectivity index (χ1n) is 6.60. The summed E-state index contributed by atoms with van der Waals surface area (Å²) < 4.78 is 7.79. The molecule has 2 rings (SSSR count). The van der Waals surface area contributed by atoms with Gasteiger partial charge in [-0.25, -0.2) is 10.4 Å². The number of halogens is 1. The first-order valence-corrected chi connectivity index (χ1v) is 6.98. The fraction of sp³-hybridized carbons (Fsp3) is 0.357. The molecular weight excluding hydrogens is 276 g/mol. The van der Waals surface area contributed by atoms with E-state index >= 15 is 0 Å². The van der Waals surface area contributed by atoms with Crippen molar-refractivity contribution in [3.05, 3.63) is 47.5 Å². The van der Waals surface area contributed by atoms with E-state index in [1.165, 1.54) is 0 Å². The van der Waals surface area contributed by atoms with Gasteiger partial charge in [0.25, 0.3) is 0 Å². The minimum Gasteiger partial charge on any atom is -0.491 e. The van der Waals surface area contributed by atoms with E-state index in [2.05, 4.69) is 21.9 Å². The van der Waals surface area contributed by atoms with Gasteiger partial charge in [-0.2, -0.15) is 0 Å². The second-order valence-corrected chi connectivity index (χ2v) is 4.90. The fourth-order valence-corrected chi connectivity index (χ4v) is 2.17. The van der Waals surface area contributed by atoms with Crippen LogP contribution in [0, 0.1) is 0 Å². The average molecular weight is 295 g/mol. The third kappa shape index (κ3) is 3.72. The number of hydrogen-bond donors (Lipinski definition) is 2. The Morgan fingerprint density at radius 1 is 1.50 bits per heavy atom. The largest absolute Gasteiger partial charge is 0.491 e. The Kier molecular flexibility index (Phi) is 5.40. The van der Waals surface area contributed by atoms with Crippen molar-refractivity contribution in [2.24, 2.45) is 5.84 Å². The number of benzene rings is 1. The molecule has 1 aromatic heterocycles. The Morgan fingerprint density at radius 2 is 2.35 bits per heavy atom. The summed E-state index contributed by atoms with van der Waals surface area (Å²) in [6, 6.07) is 7.11. The predicted octanol–water partition coefficient (Wildman–Crippen LogP) is 2.53. The molecule has 1 unspecified atom stereocenters. The lowest BCUT2D eigenvalue weighted by atomic mass is 10.3. The molecule has 0 saturated carbocycles. The number of hydrazine groups is 1. The Bertz CT molecular complexity index is 543. The minimum absolute atomic E-state index is 0.171. The van der Waals surface area contributed by atoms with E-state index in [1.54, 1.807) is 18.3 Å². The Balaban J connectivity index is 2.03. The lowest BCUT2D eigenvalue weighted by Gasteiger charge is -2.18. The summed E-state index contributed by atoms with van der Waals surface area (Å²) in [4.78, 5) is 4.35. The molecule has 1 heterocycles. The van der Waals surface area contributed by atoms with Crippen molar-refractivity contribution in [3.8, 4) is 5.75 Å². The van der Waals surface area contributed by atoms with Crippen LogP contribution in [0.2, 0.25) is 5.02 Å². The third-order valence-electron chi connectivity index (χ3n) is 2.94. The van der Waals surface area contributed by atoms with E-state index in [0.717, 1.165) is 18.8 Å². The summed E-state index contributed by atoms with van der Waals surface area (Å²) in [5.74, 6) is 7.20. The highest BCUT2D eigenvalue weighted by Gasteiger charge is 2.16. The van der Waals surface area contributed by atoms with Crippen LogP contribution in [0.5, 0.6) is 5.75 Å². The van der Waals surface area contributed by atoms with Gasteiger partial charge in [0.1, 0.15) is 24.2 Å². The first-order chi connectivity index (χ1) is 9.74. The van der Waals surface area contributed by atoms with Crippen molar-refractivity contribution < 1.29 is 4.74 Å². The second-order valence-electron chi connectivity index (χ2n) is 4.47. The van der Waals surface area contributed by atoms with E-state index in [4.69, 9.17) is 22.2 Å². The molecule has 5 nitrogen and oxygen atoms in total. The van der Waals surface area contributed by atoms with Crippen LogP contribution in [0.3, 0.4) is 0 Å². The van der Waals surface area contributed by atoms with E-state index in [-0.39, 0.29) is 6.04 Å². The molecule has 0 amide bonds. The highest BCUT2D eigenvalue weighted by molar-refractivity contribution is 6.30. The molecule has 3 N–H and O–H groups in total. The van der Waals surface area contributed by atoms with Crippen molar-refractivity contribution in [1.82, 2.24) is 15.0 Å². The molecule has 0 radical (unpaired) electrons. The number of aryl methyl sites for hydroxylation is 1. The molecule has 0 bridgehead atoms. The smallest absolute Gasteiger partial charge is 0.130 e. The predicted molar refractivity (Wildman–Crippen MR) is 79.5 cm³/mol. The summed E-state index contributed by atoms with van der Waals surface area (Å²) in [6.45, 7) is 3.42. The number of hydrogen-bond acceptors (Lipinski definition) is 4. The molecule has 0 aliphatic heterocycles. The number of ether oxygens (including phenoxy) is 1. The zero-order chi connectivity index (χ0) is 14.4. The topological polar surface area (TPSA) is 65.1 Å². The standard InChI is InChI=1S/C14H19ClN4O/c1-2-7-19-8-6-17-14(19)13(18-16)10-20-12-5-3-4-11(15)9-12/h3-6,8-9,13,18H,2,7,10,16H2,1H3. The van der Waals surface area contributed by atoms with Crippen molar-refractivity contribution in [1.29, 1.82) is 0 Å². The van der Waals surface area contributed by atoms with E-state index in [1.807, 2.05) is 18.3 Å². The zero-order valence-electron chi connectivity index (χ0n) is 11.4. The van der Waals surface area contributed by atoms with Gasteiger partial charge in [-0.15, -0.1) is 0 Å². The van der Waals surface area contributed by atoms with Crippen LogP contribution < -0.4 is 16.0 Å². The highest BCUT2D eigenvalue weighted by Crippen LogP contribution is 2.19. The maximum atomic E-state index is 5.92. The van der Waals surface area contributed by atoms with Gasteiger partial charge in [-0.05, 0) is 24.6 Å². The molecule has 0 aliphatic carbocycles. The van der Waals surface area contributed by atoms with E-state index in [9.17, 15) is 0 Å². The Hall–Kier alpha value is -1.56. The van der Waals surface area contributed by atoms with Crippen LogP contribution >= 0.6 is 11.6 Å². The van der Waals surface area contributed by atoms with Gasteiger partial charge in [0, 0.05) is 24.0 Å². The highest BCUT2D eigenvalue weighted by atomic mass is 35.5. The van der Waals surface area contributed by atoms with Crippen molar-refractivity contribution in [3.63, 3.8) is 0 Å². The maximum absolute atomic E-state index is 5.92. The molecule has 1 aromatic carbocycles. The summed E-state index contributed by atoms with van der Waals surface area (Å²) in [5, 5.41) is 0.646. The van der Waals surface area contributed by atoms with Crippen LogP contribution in [0.1, 0.15) is 25.2 Å². The fourth-order valence-electron chi connectivity index (χ4n) is 1.99. The van der Waals surface area contributed by atoms with Crippen molar-refractivity contribution >= 4 is 11.6 Å². The lowest BCUT2D eigenvalue weighted by Crippen LogP contribution is -2.34. The lowest BCUT2D eigenvalue weighted by molar-refractivity contribution is 0.258. The molecular formula is C14H19ClN4O. The van der Waals surface area contributed by atoms with Gasteiger partial charge in [0.05, 0.1) is 0 Å². The van der Waals surface area contributed by atoms with Crippen molar-refractivity contribution in [2.75, 3.05) is 6.61 Å². The molecule has 6 heteroatoms. The number of nitrogens with one attached hydrogen (secondary N) is 1. The normalized spacial score (nSPS) is 12.3. The SMILES string of the molecule is CCCn1ccnc1C(COc1cccc(Cl)c1)NN.